The van der Waals surface area contributed by atoms with Gasteiger partial charge >= 0.3 is 0 Å². The lowest BCUT2D eigenvalue weighted by Gasteiger charge is -2.18. The summed E-state index contributed by atoms with van der Waals surface area (Å²) in [4.78, 5) is 0. The Hall–Kier alpha value is -0.680. The Morgan fingerprint density at radius 3 is 2.73 bits per heavy atom. The summed E-state index contributed by atoms with van der Waals surface area (Å²) in [6.07, 6.45) is 1.09. The molecule has 0 unspecified atom stereocenters. The average Bonchev–Trinajstić information content (AvgIpc) is 2.57. The molecule has 1 N–H and O–H groups in total. The Bertz CT molecular complexity index is 293. The lowest BCUT2D eigenvalue weighted by Crippen LogP contribution is -2.19. The van der Waals surface area contributed by atoms with Crippen LogP contribution in [0, 0.1) is 0 Å². The fourth-order valence-corrected chi connectivity index (χ4v) is 1.55. The van der Waals surface area contributed by atoms with E-state index in [1.807, 2.05) is 20.8 Å². The van der Waals surface area contributed by atoms with Gasteiger partial charge in [0.1, 0.15) is 10.7 Å². The van der Waals surface area contributed by atoms with E-state index in [1.54, 1.807) is 0 Å². The van der Waals surface area contributed by atoms with E-state index in [0.29, 0.717) is 6.61 Å². The van der Waals surface area contributed by atoms with Crippen LogP contribution in [0.1, 0.15) is 39.8 Å². The van der Waals surface area contributed by atoms with E-state index in [1.165, 1.54) is 11.5 Å². The number of nitrogens with zero attached hydrogens (tertiary/aromatic N) is 2. The van der Waals surface area contributed by atoms with E-state index in [-0.39, 0.29) is 5.60 Å². The third kappa shape index (κ3) is 4.57. The molecule has 0 aliphatic rings. The minimum absolute atomic E-state index is 0.133. The monoisotopic (exact) mass is 229 g/mol. The highest BCUT2D eigenvalue weighted by atomic mass is 32.1. The van der Waals surface area contributed by atoms with Crippen LogP contribution in [0.5, 0.6) is 0 Å². The lowest BCUT2D eigenvalue weighted by molar-refractivity contribution is -0.0162. The molecule has 86 valence electrons. The molecule has 1 heterocycles. The molecule has 0 saturated heterocycles. The normalized spacial score (nSPS) is 11.7. The van der Waals surface area contributed by atoms with Crippen LogP contribution in [0.2, 0.25) is 0 Å². The second kappa shape index (κ2) is 5.42. The maximum absolute atomic E-state index is 5.66. The van der Waals surface area contributed by atoms with Gasteiger partial charge in [0.25, 0.3) is 0 Å². The number of aromatic nitrogens is 2. The number of anilines is 1. The molecule has 15 heavy (non-hydrogen) atoms. The second-order valence-electron chi connectivity index (χ2n) is 4.38. The first-order valence-corrected chi connectivity index (χ1v) is 5.99. The highest BCUT2D eigenvalue weighted by molar-refractivity contribution is 7.10. The first-order chi connectivity index (χ1) is 7.03. The molecule has 0 radical (unpaired) electrons. The third-order valence-corrected chi connectivity index (χ3v) is 2.46. The molecule has 0 amide bonds. The van der Waals surface area contributed by atoms with Crippen LogP contribution in [0.15, 0.2) is 0 Å². The van der Waals surface area contributed by atoms with E-state index in [4.69, 9.17) is 4.74 Å². The molecule has 0 aliphatic carbocycles. The van der Waals surface area contributed by atoms with Crippen LogP contribution in [0.4, 0.5) is 5.00 Å². The molecule has 0 aromatic carbocycles. The van der Waals surface area contributed by atoms with E-state index < -0.39 is 0 Å². The topological polar surface area (TPSA) is 47.0 Å². The van der Waals surface area contributed by atoms with Crippen molar-refractivity contribution >= 4 is 16.5 Å². The van der Waals surface area contributed by atoms with Crippen LogP contribution < -0.4 is 5.32 Å². The standard InChI is InChI=1S/C10H19N3OS/c1-5-6-11-9-8(12-13-15-9)7-14-10(2,3)4/h11H,5-7H2,1-4H3. The molecule has 0 aliphatic heterocycles. The van der Waals surface area contributed by atoms with Crippen molar-refractivity contribution < 1.29 is 4.74 Å². The van der Waals surface area contributed by atoms with Crippen molar-refractivity contribution in [3.05, 3.63) is 5.69 Å². The van der Waals surface area contributed by atoms with Crippen molar-refractivity contribution in [1.82, 2.24) is 9.59 Å². The molecule has 0 bridgehead atoms. The maximum Gasteiger partial charge on any atom is 0.135 e. The van der Waals surface area contributed by atoms with Crippen molar-refractivity contribution in [3.8, 4) is 0 Å². The Morgan fingerprint density at radius 2 is 2.13 bits per heavy atom. The number of ether oxygens (including phenoxy) is 1. The van der Waals surface area contributed by atoms with Crippen molar-refractivity contribution in [2.45, 2.75) is 46.3 Å². The zero-order valence-corrected chi connectivity index (χ0v) is 10.6. The largest absolute Gasteiger partial charge is 0.374 e. The second-order valence-corrected chi connectivity index (χ2v) is 5.13. The van der Waals surface area contributed by atoms with Gasteiger partial charge in [0.05, 0.1) is 12.2 Å². The van der Waals surface area contributed by atoms with Crippen LogP contribution in [-0.4, -0.2) is 21.7 Å². The Balaban J connectivity index is 2.50. The van der Waals surface area contributed by atoms with Crippen LogP contribution in [-0.2, 0) is 11.3 Å². The van der Waals surface area contributed by atoms with E-state index in [0.717, 1.165) is 23.7 Å². The zero-order valence-electron chi connectivity index (χ0n) is 9.83. The summed E-state index contributed by atoms with van der Waals surface area (Å²) >= 11 is 1.39. The van der Waals surface area contributed by atoms with Gasteiger partial charge in [-0.3, -0.25) is 0 Å². The molecular formula is C10H19N3OS. The molecule has 0 spiro atoms. The Labute approximate surface area is 95.2 Å². The average molecular weight is 229 g/mol. The Morgan fingerprint density at radius 1 is 1.40 bits per heavy atom. The number of hydrogen-bond donors (Lipinski definition) is 1. The van der Waals surface area contributed by atoms with Gasteiger partial charge in [-0.15, -0.1) is 5.10 Å². The summed E-state index contributed by atoms with van der Waals surface area (Å²) in [6, 6.07) is 0. The lowest BCUT2D eigenvalue weighted by atomic mass is 10.2. The Kier molecular flexibility index (Phi) is 4.47. The van der Waals surface area contributed by atoms with E-state index in [9.17, 15) is 0 Å². The van der Waals surface area contributed by atoms with Crippen LogP contribution >= 0.6 is 11.5 Å². The summed E-state index contributed by atoms with van der Waals surface area (Å²) in [5.41, 5.74) is 0.773. The zero-order chi connectivity index (χ0) is 11.3. The molecule has 0 atom stereocenters. The van der Waals surface area contributed by atoms with E-state index >= 15 is 0 Å². The molecule has 5 heteroatoms. The minimum atomic E-state index is -0.133. The predicted octanol–water partition coefficient (Wildman–Crippen LogP) is 2.68. The number of hydrogen-bond acceptors (Lipinski definition) is 5. The van der Waals surface area contributed by atoms with Crippen molar-refractivity contribution in [2.24, 2.45) is 0 Å². The summed E-state index contributed by atoms with van der Waals surface area (Å²) < 4.78 is 9.58. The first-order valence-electron chi connectivity index (χ1n) is 5.22. The maximum atomic E-state index is 5.66. The van der Waals surface area contributed by atoms with Gasteiger partial charge < -0.3 is 10.1 Å². The fraction of sp³-hybridized carbons (Fsp3) is 0.800. The summed E-state index contributed by atoms with van der Waals surface area (Å²) in [5.74, 6) is 0. The summed E-state index contributed by atoms with van der Waals surface area (Å²) in [7, 11) is 0. The highest BCUT2D eigenvalue weighted by Crippen LogP contribution is 2.20. The van der Waals surface area contributed by atoms with Gasteiger partial charge in [-0.1, -0.05) is 11.4 Å². The third-order valence-electron chi connectivity index (χ3n) is 1.73. The smallest absolute Gasteiger partial charge is 0.135 e. The van der Waals surface area contributed by atoms with Gasteiger partial charge in [0, 0.05) is 18.1 Å². The van der Waals surface area contributed by atoms with Crippen LogP contribution in [0.3, 0.4) is 0 Å². The quantitative estimate of drug-likeness (QED) is 0.843. The molecule has 1 rings (SSSR count). The summed E-state index contributed by atoms with van der Waals surface area (Å²) in [6.45, 7) is 9.70. The van der Waals surface area contributed by atoms with Crippen molar-refractivity contribution in [1.29, 1.82) is 0 Å². The highest BCUT2D eigenvalue weighted by Gasteiger charge is 2.14. The van der Waals surface area contributed by atoms with Gasteiger partial charge in [-0.05, 0) is 27.2 Å². The molecule has 0 fully saturated rings. The molecule has 0 saturated carbocycles. The first kappa shape index (κ1) is 12.4. The van der Waals surface area contributed by atoms with Crippen molar-refractivity contribution in [3.63, 3.8) is 0 Å². The van der Waals surface area contributed by atoms with Gasteiger partial charge in [-0.2, -0.15) is 0 Å². The van der Waals surface area contributed by atoms with Gasteiger partial charge in [0.2, 0.25) is 0 Å². The fourth-order valence-electron chi connectivity index (χ4n) is 0.961. The van der Waals surface area contributed by atoms with Crippen molar-refractivity contribution in [2.75, 3.05) is 11.9 Å². The summed E-state index contributed by atoms with van der Waals surface area (Å²) in [5, 5.41) is 8.37. The van der Waals surface area contributed by atoms with Crippen LogP contribution in [0.25, 0.3) is 0 Å². The van der Waals surface area contributed by atoms with Gasteiger partial charge in [-0.25, -0.2) is 0 Å². The minimum Gasteiger partial charge on any atom is -0.374 e. The molecular weight excluding hydrogens is 210 g/mol. The molecule has 1 aromatic rings. The SMILES string of the molecule is CCCNc1snnc1COC(C)(C)C. The molecule has 1 aromatic heterocycles. The number of nitrogens with one attached hydrogen (secondary N) is 1. The number of rotatable bonds is 5. The molecule has 4 nitrogen and oxygen atoms in total. The van der Waals surface area contributed by atoms with E-state index in [2.05, 4.69) is 21.8 Å². The predicted molar refractivity (Wildman–Crippen MR) is 63.2 cm³/mol. The van der Waals surface area contributed by atoms with Gasteiger partial charge in [0.15, 0.2) is 0 Å².